The van der Waals surface area contributed by atoms with E-state index in [1.807, 2.05) is 12.1 Å². The molecule has 1 unspecified atom stereocenters. The van der Waals surface area contributed by atoms with E-state index in [0.29, 0.717) is 11.1 Å². The van der Waals surface area contributed by atoms with Crippen LogP contribution in [0.15, 0.2) is 12.1 Å². The zero-order valence-electron chi connectivity index (χ0n) is 8.53. The number of rotatable bonds is 2. The lowest BCUT2D eigenvalue weighted by atomic mass is 10.2. The Balaban J connectivity index is 1.99. The highest BCUT2D eigenvalue weighted by atomic mass is 35.5. The molecule has 3 rings (SSSR count). The second kappa shape index (κ2) is 4.16. The maximum atomic E-state index is 6.19. The van der Waals surface area contributed by atoms with Crippen molar-refractivity contribution in [2.45, 2.75) is 12.5 Å². The molecule has 1 atom stereocenters. The van der Waals surface area contributed by atoms with Crippen molar-refractivity contribution in [2.75, 3.05) is 18.4 Å². The fourth-order valence-electron chi connectivity index (χ4n) is 1.95. The second-order valence-corrected chi connectivity index (χ2v) is 4.82. The number of hydrogen-bond donors (Lipinski definition) is 2. The normalized spacial score (nSPS) is 20.4. The van der Waals surface area contributed by atoms with Gasteiger partial charge in [-0.05, 0) is 25.1 Å². The van der Waals surface area contributed by atoms with Crippen LogP contribution >= 0.6 is 23.3 Å². The molecule has 2 heterocycles. The van der Waals surface area contributed by atoms with E-state index in [0.717, 1.165) is 36.2 Å². The molecule has 6 heteroatoms. The predicted octanol–water partition coefficient (Wildman–Crippen LogP) is 2.12. The van der Waals surface area contributed by atoms with Crippen molar-refractivity contribution >= 4 is 40.0 Å². The summed E-state index contributed by atoms with van der Waals surface area (Å²) < 4.78 is 8.50. The number of nitrogens with one attached hydrogen (secondary N) is 2. The van der Waals surface area contributed by atoms with E-state index in [9.17, 15) is 0 Å². The van der Waals surface area contributed by atoms with Gasteiger partial charge in [0.2, 0.25) is 0 Å². The zero-order chi connectivity index (χ0) is 11.0. The van der Waals surface area contributed by atoms with Crippen LogP contribution in [0.2, 0.25) is 5.02 Å². The van der Waals surface area contributed by atoms with E-state index < -0.39 is 0 Å². The first-order valence-corrected chi connectivity index (χ1v) is 6.33. The average Bonchev–Trinajstić information content (AvgIpc) is 2.92. The summed E-state index contributed by atoms with van der Waals surface area (Å²) in [5.74, 6) is 0. The molecule has 0 amide bonds. The molecular weight excluding hydrogens is 244 g/mol. The van der Waals surface area contributed by atoms with Crippen LogP contribution in [0.3, 0.4) is 0 Å². The summed E-state index contributed by atoms with van der Waals surface area (Å²) in [6.07, 6.45) is 1.12. The molecule has 84 valence electrons. The number of hydrogen-bond acceptors (Lipinski definition) is 5. The summed E-state index contributed by atoms with van der Waals surface area (Å²) in [4.78, 5) is 0. The van der Waals surface area contributed by atoms with Gasteiger partial charge < -0.3 is 10.6 Å². The molecule has 4 nitrogen and oxygen atoms in total. The number of anilines is 1. The van der Waals surface area contributed by atoms with Crippen molar-refractivity contribution in [1.82, 2.24) is 14.1 Å². The molecule has 0 bridgehead atoms. The largest absolute Gasteiger partial charge is 0.378 e. The minimum absolute atomic E-state index is 0.435. The second-order valence-electron chi connectivity index (χ2n) is 3.89. The monoisotopic (exact) mass is 254 g/mol. The van der Waals surface area contributed by atoms with Crippen LogP contribution < -0.4 is 10.6 Å². The Labute approximate surface area is 102 Å². The average molecular weight is 255 g/mol. The highest BCUT2D eigenvalue weighted by Gasteiger charge is 2.17. The standard InChI is InChI=1S/C10H11ClN4S/c11-7-1-2-8-10(15-16-14-8)9(7)13-6-3-4-12-5-6/h1-2,6,12-13H,3-5H2. The number of nitrogens with zero attached hydrogens (tertiary/aromatic N) is 2. The van der Waals surface area contributed by atoms with Crippen LogP contribution in [0.1, 0.15) is 6.42 Å². The van der Waals surface area contributed by atoms with Gasteiger partial charge in [0.1, 0.15) is 11.0 Å². The quantitative estimate of drug-likeness (QED) is 0.862. The van der Waals surface area contributed by atoms with Crippen molar-refractivity contribution < 1.29 is 0 Å². The molecule has 16 heavy (non-hydrogen) atoms. The van der Waals surface area contributed by atoms with Crippen molar-refractivity contribution in [3.05, 3.63) is 17.2 Å². The SMILES string of the molecule is Clc1ccc2nsnc2c1NC1CCNC1. The zero-order valence-corrected chi connectivity index (χ0v) is 10.1. The Morgan fingerprint density at radius 3 is 3.19 bits per heavy atom. The molecule has 0 aliphatic carbocycles. The van der Waals surface area contributed by atoms with Gasteiger partial charge in [0.25, 0.3) is 0 Å². The molecule has 1 saturated heterocycles. The van der Waals surface area contributed by atoms with Gasteiger partial charge in [-0.2, -0.15) is 8.75 Å². The van der Waals surface area contributed by atoms with Crippen LogP contribution in [0.25, 0.3) is 11.0 Å². The molecule has 1 aliphatic heterocycles. The van der Waals surface area contributed by atoms with Crippen LogP contribution in [0.4, 0.5) is 5.69 Å². The number of aromatic nitrogens is 2. The first kappa shape index (κ1) is 10.3. The van der Waals surface area contributed by atoms with Crippen LogP contribution in [0.5, 0.6) is 0 Å². The highest BCUT2D eigenvalue weighted by Crippen LogP contribution is 2.30. The lowest BCUT2D eigenvalue weighted by Gasteiger charge is -2.14. The molecule has 0 radical (unpaired) electrons. The molecule has 1 aromatic heterocycles. The summed E-state index contributed by atoms with van der Waals surface area (Å²) >= 11 is 7.41. The van der Waals surface area contributed by atoms with Gasteiger partial charge in [-0.1, -0.05) is 11.6 Å². The highest BCUT2D eigenvalue weighted by molar-refractivity contribution is 7.00. The third-order valence-corrected chi connectivity index (χ3v) is 3.64. The predicted molar refractivity (Wildman–Crippen MR) is 67.3 cm³/mol. The maximum Gasteiger partial charge on any atom is 0.129 e. The van der Waals surface area contributed by atoms with E-state index in [4.69, 9.17) is 11.6 Å². The van der Waals surface area contributed by atoms with Gasteiger partial charge in [-0.25, -0.2) is 0 Å². The van der Waals surface area contributed by atoms with Gasteiger partial charge in [-0.3, -0.25) is 0 Å². The topological polar surface area (TPSA) is 49.8 Å². The number of halogens is 1. The Morgan fingerprint density at radius 1 is 1.44 bits per heavy atom. The minimum atomic E-state index is 0.435. The Bertz CT molecular complexity index is 506. The molecular formula is C10H11ClN4S. The first-order chi connectivity index (χ1) is 7.84. The minimum Gasteiger partial charge on any atom is -0.378 e. The molecule has 0 saturated carbocycles. The summed E-state index contributed by atoms with van der Waals surface area (Å²) in [5, 5.41) is 7.48. The molecule has 1 aliphatic rings. The Kier molecular flexibility index (Phi) is 2.67. The maximum absolute atomic E-state index is 6.19. The van der Waals surface area contributed by atoms with Crippen molar-refractivity contribution in [3.63, 3.8) is 0 Å². The van der Waals surface area contributed by atoms with Crippen LogP contribution in [-0.4, -0.2) is 27.9 Å². The molecule has 1 aromatic carbocycles. The summed E-state index contributed by atoms with van der Waals surface area (Å²) in [5.41, 5.74) is 2.70. The van der Waals surface area contributed by atoms with Gasteiger partial charge in [-0.15, -0.1) is 0 Å². The lowest BCUT2D eigenvalue weighted by Crippen LogP contribution is -2.22. The van der Waals surface area contributed by atoms with Crippen LogP contribution in [0, 0.1) is 0 Å². The molecule has 2 aromatic rings. The molecule has 1 fully saturated rings. The number of benzene rings is 1. The van der Waals surface area contributed by atoms with E-state index in [2.05, 4.69) is 19.4 Å². The fraction of sp³-hybridized carbons (Fsp3) is 0.400. The van der Waals surface area contributed by atoms with E-state index in [1.165, 1.54) is 11.7 Å². The molecule has 0 spiro atoms. The van der Waals surface area contributed by atoms with E-state index in [-0.39, 0.29) is 0 Å². The van der Waals surface area contributed by atoms with Gasteiger partial charge >= 0.3 is 0 Å². The van der Waals surface area contributed by atoms with Gasteiger partial charge in [0, 0.05) is 12.6 Å². The van der Waals surface area contributed by atoms with E-state index >= 15 is 0 Å². The van der Waals surface area contributed by atoms with Crippen molar-refractivity contribution in [2.24, 2.45) is 0 Å². The smallest absolute Gasteiger partial charge is 0.129 e. The summed E-state index contributed by atoms with van der Waals surface area (Å²) in [6.45, 7) is 2.03. The Morgan fingerprint density at radius 2 is 2.38 bits per heavy atom. The summed E-state index contributed by atoms with van der Waals surface area (Å²) in [6, 6.07) is 4.21. The lowest BCUT2D eigenvalue weighted by molar-refractivity contribution is 0.794. The van der Waals surface area contributed by atoms with E-state index in [1.54, 1.807) is 0 Å². The molecule has 2 N–H and O–H groups in total. The van der Waals surface area contributed by atoms with Gasteiger partial charge in [0.05, 0.1) is 22.4 Å². The Hall–Kier alpha value is -0.910. The number of fused-ring (bicyclic) bond motifs is 1. The third kappa shape index (κ3) is 1.75. The van der Waals surface area contributed by atoms with Crippen molar-refractivity contribution in [1.29, 1.82) is 0 Å². The van der Waals surface area contributed by atoms with Crippen molar-refractivity contribution in [3.8, 4) is 0 Å². The first-order valence-electron chi connectivity index (χ1n) is 5.22. The van der Waals surface area contributed by atoms with Crippen LogP contribution in [-0.2, 0) is 0 Å². The fourth-order valence-corrected chi connectivity index (χ4v) is 2.70. The summed E-state index contributed by atoms with van der Waals surface area (Å²) in [7, 11) is 0. The van der Waals surface area contributed by atoms with Gasteiger partial charge in [0.15, 0.2) is 0 Å². The third-order valence-electron chi connectivity index (χ3n) is 2.79.